The summed E-state index contributed by atoms with van der Waals surface area (Å²) in [6.45, 7) is 6.53. The number of nitrogens with zero attached hydrogens (tertiary/aromatic N) is 3. The van der Waals surface area contributed by atoms with Crippen LogP contribution in [0.3, 0.4) is 0 Å². The maximum atomic E-state index is 8.74. The van der Waals surface area contributed by atoms with Gasteiger partial charge in [0.15, 0.2) is 5.84 Å². The summed E-state index contributed by atoms with van der Waals surface area (Å²) in [5.41, 5.74) is 6.75. The Morgan fingerprint density at radius 3 is 2.72 bits per heavy atom. The summed E-state index contributed by atoms with van der Waals surface area (Å²) in [7, 11) is 1.74. The van der Waals surface area contributed by atoms with Crippen LogP contribution in [0.5, 0.6) is 5.88 Å². The number of aryl methyl sites for hydroxylation is 2. The van der Waals surface area contributed by atoms with E-state index in [2.05, 4.69) is 10.3 Å². The lowest BCUT2D eigenvalue weighted by molar-refractivity contribution is 0.0533. The summed E-state index contributed by atoms with van der Waals surface area (Å²) in [4.78, 5) is 0. The van der Waals surface area contributed by atoms with Gasteiger partial charge < -0.3 is 20.4 Å². The Morgan fingerprint density at radius 1 is 1.50 bits per heavy atom. The number of rotatable bonds is 6. The molecule has 0 atom stereocenters. The molecule has 0 amide bonds. The fourth-order valence-corrected chi connectivity index (χ4v) is 1.57. The van der Waals surface area contributed by atoms with Gasteiger partial charge in [-0.25, -0.2) is 4.68 Å². The summed E-state index contributed by atoms with van der Waals surface area (Å²) in [5, 5.41) is 15.9. The Bertz CT molecular complexity index is 426. The SMILES string of the molecule is Cc1nn(C)c(OCCOC(C)C)c1C(N)=NO. The van der Waals surface area contributed by atoms with Crippen LogP contribution in [0, 0.1) is 6.92 Å². The first-order valence-electron chi connectivity index (χ1n) is 5.73. The Balaban J connectivity index is 2.75. The van der Waals surface area contributed by atoms with Crippen LogP contribution in [0.1, 0.15) is 25.1 Å². The maximum absolute atomic E-state index is 8.74. The maximum Gasteiger partial charge on any atom is 0.223 e. The molecule has 0 aliphatic heterocycles. The minimum Gasteiger partial charge on any atom is -0.475 e. The quantitative estimate of drug-likeness (QED) is 0.256. The third kappa shape index (κ3) is 3.36. The molecule has 0 fully saturated rings. The van der Waals surface area contributed by atoms with E-state index in [1.165, 1.54) is 0 Å². The Labute approximate surface area is 106 Å². The van der Waals surface area contributed by atoms with Gasteiger partial charge in [-0.1, -0.05) is 5.16 Å². The van der Waals surface area contributed by atoms with Gasteiger partial charge in [0.2, 0.25) is 5.88 Å². The number of nitrogens with two attached hydrogens (primary N) is 1. The second-order valence-corrected chi connectivity index (χ2v) is 4.14. The fraction of sp³-hybridized carbons (Fsp3) is 0.636. The van der Waals surface area contributed by atoms with Crippen molar-refractivity contribution < 1.29 is 14.7 Å². The predicted molar refractivity (Wildman–Crippen MR) is 67.0 cm³/mol. The number of oxime groups is 1. The molecule has 18 heavy (non-hydrogen) atoms. The number of aromatic nitrogens is 2. The van der Waals surface area contributed by atoms with Gasteiger partial charge in [0, 0.05) is 7.05 Å². The molecule has 0 radical (unpaired) electrons. The normalized spacial score (nSPS) is 12.2. The molecule has 0 bridgehead atoms. The van der Waals surface area contributed by atoms with Crippen molar-refractivity contribution in [3.8, 4) is 5.88 Å². The number of ether oxygens (including phenoxy) is 2. The molecule has 1 heterocycles. The van der Waals surface area contributed by atoms with Gasteiger partial charge in [-0.2, -0.15) is 5.10 Å². The van der Waals surface area contributed by atoms with Crippen molar-refractivity contribution in [2.24, 2.45) is 17.9 Å². The third-order valence-electron chi connectivity index (χ3n) is 2.31. The monoisotopic (exact) mass is 256 g/mol. The summed E-state index contributed by atoms with van der Waals surface area (Å²) in [6, 6.07) is 0. The van der Waals surface area contributed by atoms with E-state index in [-0.39, 0.29) is 11.9 Å². The molecule has 1 aromatic rings. The smallest absolute Gasteiger partial charge is 0.223 e. The van der Waals surface area contributed by atoms with Gasteiger partial charge in [-0.3, -0.25) is 0 Å². The highest BCUT2D eigenvalue weighted by Crippen LogP contribution is 2.20. The van der Waals surface area contributed by atoms with Gasteiger partial charge in [-0.15, -0.1) is 0 Å². The van der Waals surface area contributed by atoms with Crippen molar-refractivity contribution in [2.45, 2.75) is 26.9 Å². The van der Waals surface area contributed by atoms with E-state index in [0.29, 0.717) is 30.4 Å². The van der Waals surface area contributed by atoms with E-state index < -0.39 is 0 Å². The third-order valence-corrected chi connectivity index (χ3v) is 2.31. The molecule has 0 aliphatic carbocycles. The first-order chi connectivity index (χ1) is 8.47. The molecule has 0 saturated carbocycles. The van der Waals surface area contributed by atoms with E-state index in [4.69, 9.17) is 20.4 Å². The van der Waals surface area contributed by atoms with Crippen LogP contribution in [0.2, 0.25) is 0 Å². The van der Waals surface area contributed by atoms with E-state index in [0.717, 1.165) is 0 Å². The largest absolute Gasteiger partial charge is 0.475 e. The Kier molecular flexibility index (Phi) is 4.96. The molecule has 1 rings (SSSR count). The molecule has 1 aromatic heterocycles. The van der Waals surface area contributed by atoms with Crippen molar-refractivity contribution in [3.05, 3.63) is 11.3 Å². The van der Waals surface area contributed by atoms with Gasteiger partial charge in [0.05, 0.1) is 18.4 Å². The lowest BCUT2D eigenvalue weighted by Crippen LogP contribution is -2.17. The molecule has 7 heteroatoms. The summed E-state index contributed by atoms with van der Waals surface area (Å²) < 4.78 is 12.5. The topological polar surface area (TPSA) is 94.9 Å². The highest BCUT2D eigenvalue weighted by Gasteiger charge is 2.18. The van der Waals surface area contributed by atoms with Crippen LogP contribution in [-0.2, 0) is 11.8 Å². The average Bonchev–Trinajstić information content (AvgIpc) is 2.58. The van der Waals surface area contributed by atoms with Gasteiger partial charge in [0.1, 0.15) is 12.2 Å². The molecule has 0 aromatic carbocycles. The zero-order valence-corrected chi connectivity index (χ0v) is 11.2. The minimum atomic E-state index is -0.0135. The Morgan fingerprint density at radius 2 is 2.17 bits per heavy atom. The first-order valence-corrected chi connectivity index (χ1v) is 5.73. The summed E-state index contributed by atoms with van der Waals surface area (Å²) >= 11 is 0. The predicted octanol–water partition coefficient (Wildman–Crippen LogP) is 0.627. The van der Waals surface area contributed by atoms with Crippen molar-refractivity contribution in [1.82, 2.24) is 9.78 Å². The fourth-order valence-electron chi connectivity index (χ4n) is 1.57. The first kappa shape index (κ1) is 14.3. The molecule has 0 aliphatic rings. The van der Waals surface area contributed by atoms with Crippen molar-refractivity contribution in [2.75, 3.05) is 13.2 Å². The molecule has 0 saturated heterocycles. The van der Waals surface area contributed by atoms with Crippen molar-refractivity contribution in [3.63, 3.8) is 0 Å². The van der Waals surface area contributed by atoms with Crippen LogP contribution in [-0.4, -0.2) is 40.1 Å². The molecule has 3 N–H and O–H groups in total. The summed E-state index contributed by atoms with van der Waals surface area (Å²) in [6.07, 6.45) is 0.158. The molecule has 0 spiro atoms. The van der Waals surface area contributed by atoms with Crippen LogP contribution in [0.4, 0.5) is 0 Å². The minimum absolute atomic E-state index is 0.0135. The van der Waals surface area contributed by atoms with Crippen LogP contribution in [0.15, 0.2) is 5.16 Å². The van der Waals surface area contributed by atoms with E-state index in [1.807, 2.05) is 13.8 Å². The van der Waals surface area contributed by atoms with E-state index in [1.54, 1.807) is 18.7 Å². The molecular formula is C11H20N4O3. The number of hydrogen-bond donors (Lipinski definition) is 2. The van der Waals surface area contributed by atoms with Gasteiger partial charge in [0.25, 0.3) is 0 Å². The Hall–Kier alpha value is -1.76. The second kappa shape index (κ2) is 6.25. The zero-order chi connectivity index (χ0) is 13.7. The highest BCUT2D eigenvalue weighted by atomic mass is 16.5. The molecule has 0 unspecified atom stereocenters. The number of hydrogen-bond acceptors (Lipinski definition) is 5. The van der Waals surface area contributed by atoms with Crippen LogP contribution < -0.4 is 10.5 Å². The zero-order valence-electron chi connectivity index (χ0n) is 11.2. The van der Waals surface area contributed by atoms with Crippen molar-refractivity contribution >= 4 is 5.84 Å². The van der Waals surface area contributed by atoms with Crippen molar-refractivity contribution in [1.29, 1.82) is 0 Å². The summed E-state index contributed by atoms with van der Waals surface area (Å²) in [5.74, 6) is 0.454. The van der Waals surface area contributed by atoms with Crippen LogP contribution in [0.25, 0.3) is 0 Å². The van der Waals surface area contributed by atoms with Gasteiger partial charge >= 0.3 is 0 Å². The molecule has 7 nitrogen and oxygen atoms in total. The molecule has 102 valence electrons. The lowest BCUT2D eigenvalue weighted by Gasteiger charge is -2.10. The van der Waals surface area contributed by atoms with Gasteiger partial charge in [-0.05, 0) is 20.8 Å². The van der Waals surface area contributed by atoms with Crippen LogP contribution >= 0.6 is 0 Å². The highest BCUT2D eigenvalue weighted by molar-refractivity contribution is 6.00. The lowest BCUT2D eigenvalue weighted by atomic mass is 10.2. The molecular weight excluding hydrogens is 236 g/mol. The average molecular weight is 256 g/mol. The standard InChI is InChI=1S/C11H20N4O3/c1-7(2)17-5-6-18-11-9(10(12)14-16)8(3)13-15(11)4/h7,16H,5-6H2,1-4H3,(H2,12,14). The second-order valence-electron chi connectivity index (χ2n) is 4.14. The van der Waals surface area contributed by atoms with E-state index in [9.17, 15) is 0 Å². The number of amidine groups is 1. The van der Waals surface area contributed by atoms with E-state index >= 15 is 0 Å².